The molecule has 3 aromatic rings. The Morgan fingerprint density at radius 1 is 1.09 bits per heavy atom. The summed E-state index contributed by atoms with van der Waals surface area (Å²) in [6, 6.07) is 17.4. The molecule has 0 radical (unpaired) electrons. The summed E-state index contributed by atoms with van der Waals surface area (Å²) in [5.74, 6) is 0.0367. The largest absolute Gasteiger partial charge is 0.379 e. The standard InChI is InChI=1S/C25H30N4O3/c1-20(17-27-13-15-32-16-14-27)29(18-21-7-3-2-4-8-21)24(30)11-12-28-19-26-23-10-6-5-9-22(23)25(28)31/h2-10,19-20H,11-18H2,1H3. The van der Waals surface area contributed by atoms with Gasteiger partial charge in [-0.1, -0.05) is 42.5 Å². The van der Waals surface area contributed by atoms with Gasteiger partial charge in [0.1, 0.15) is 0 Å². The predicted octanol–water partition coefficient (Wildman–Crippen LogP) is 2.54. The number of ether oxygens (including phenoxy) is 1. The number of amides is 1. The molecule has 4 rings (SSSR count). The highest BCUT2D eigenvalue weighted by Crippen LogP contribution is 2.13. The number of para-hydroxylation sites is 1. The summed E-state index contributed by atoms with van der Waals surface area (Å²) in [4.78, 5) is 34.7. The van der Waals surface area contributed by atoms with Crippen LogP contribution in [0.3, 0.4) is 0 Å². The number of benzene rings is 2. The summed E-state index contributed by atoms with van der Waals surface area (Å²) in [5.41, 5.74) is 1.66. The van der Waals surface area contributed by atoms with E-state index >= 15 is 0 Å². The van der Waals surface area contributed by atoms with Crippen LogP contribution in [0.4, 0.5) is 0 Å². The van der Waals surface area contributed by atoms with Gasteiger partial charge >= 0.3 is 0 Å². The number of morpholine rings is 1. The zero-order valence-corrected chi connectivity index (χ0v) is 18.5. The molecular weight excluding hydrogens is 404 g/mol. The fourth-order valence-electron chi connectivity index (χ4n) is 4.15. The normalized spacial score (nSPS) is 15.5. The van der Waals surface area contributed by atoms with Crippen molar-refractivity contribution in [3.05, 3.63) is 76.8 Å². The van der Waals surface area contributed by atoms with E-state index < -0.39 is 0 Å². The van der Waals surface area contributed by atoms with E-state index in [2.05, 4.69) is 16.8 Å². The second-order valence-corrected chi connectivity index (χ2v) is 8.28. The van der Waals surface area contributed by atoms with Crippen LogP contribution in [-0.4, -0.2) is 64.1 Å². The van der Waals surface area contributed by atoms with Crippen molar-refractivity contribution in [3.8, 4) is 0 Å². The number of hydrogen-bond donors (Lipinski definition) is 0. The fourth-order valence-corrected chi connectivity index (χ4v) is 4.15. The molecule has 0 spiro atoms. The number of carbonyl (C=O) groups excluding carboxylic acids is 1. The minimum atomic E-state index is -0.112. The molecule has 7 heteroatoms. The Morgan fingerprint density at radius 2 is 1.81 bits per heavy atom. The van der Waals surface area contributed by atoms with E-state index in [4.69, 9.17) is 4.74 Å². The van der Waals surface area contributed by atoms with Crippen LogP contribution >= 0.6 is 0 Å². The predicted molar refractivity (Wildman–Crippen MR) is 124 cm³/mol. The van der Waals surface area contributed by atoms with Crippen molar-refractivity contribution in [2.75, 3.05) is 32.8 Å². The molecule has 1 fully saturated rings. The van der Waals surface area contributed by atoms with E-state index in [1.807, 2.05) is 53.4 Å². The smallest absolute Gasteiger partial charge is 0.261 e. The van der Waals surface area contributed by atoms with E-state index in [0.29, 0.717) is 24.0 Å². The maximum absolute atomic E-state index is 13.3. The van der Waals surface area contributed by atoms with E-state index in [1.165, 1.54) is 10.9 Å². The minimum Gasteiger partial charge on any atom is -0.379 e. The average Bonchev–Trinajstić information content (AvgIpc) is 2.83. The fraction of sp³-hybridized carbons (Fsp3) is 0.400. The molecule has 7 nitrogen and oxygen atoms in total. The maximum atomic E-state index is 13.3. The first-order chi connectivity index (χ1) is 15.6. The van der Waals surface area contributed by atoms with Gasteiger partial charge in [-0.05, 0) is 24.6 Å². The molecule has 1 aromatic heterocycles. The first kappa shape index (κ1) is 22.2. The number of fused-ring (bicyclic) bond motifs is 1. The number of carbonyl (C=O) groups is 1. The van der Waals surface area contributed by atoms with Gasteiger partial charge in [-0.25, -0.2) is 4.98 Å². The van der Waals surface area contributed by atoms with Crippen molar-refractivity contribution in [2.24, 2.45) is 0 Å². The number of aromatic nitrogens is 2. The summed E-state index contributed by atoms with van der Waals surface area (Å²) in [7, 11) is 0. The third kappa shape index (κ3) is 5.41. The monoisotopic (exact) mass is 434 g/mol. The number of hydrogen-bond acceptors (Lipinski definition) is 5. The van der Waals surface area contributed by atoms with Crippen molar-refractivity contribution in [3.63, 3.8) is 0 Å². The van der Waals surface area contributed by atoms with E-state index in [0.717, 1.165) is 38.4 Å². The maximum Gasteiger partial charge on any atom is 0.261 e. The third-order valence-corrected chi connectivity index (χ3v) is 5.97. The van der Waals surface area contributed by atoms with Crippen molar-refractivity contribution in [1.29, 1.82) is 0 Å². The van der Waals surface area contributed by atoms with Gasteiger partial charge in [0.2, 0.25) is 5.91 Å². The topological polar surface area (TPSA) is 67.7 Å². The highest BCUT2D eigenvalue weighted by Gasteiger charge is 2.23. The third-order valence-electron chi connectivity index (χ3n) is 5.97. The summed E-state index contributed by atoms with van der Waals surface area (Å²) in [6.07, 6.45) is 1.79. The Labute approximate surface area is 188 Å². The van der Waals surface area contributed by atoms with E-state index in [9.17, 15) is 9.59 Å². The molecular formula is C25H30N4O3. The molecule has 1 aliphatic heterocycles. The van der Waals surface area contributed by atoms with Gasteiger partial charge in [-0.3, -0.25) is 19.1 Å². The summed E-state index contributed by atoms with van der Waals surface area (Å²) < 4.78 is 6.99. The lowest BCUT2D eigenvalue weighted by molar-refractivity contribution is -0.134. The highest BCUT2D eigenvalue weighted by molar-refractivity contribution is 5.78. The Kier molecular flexibility index (Phi) is 7.29. The molecule has 168 valence electrons. The molecule has 1 amide bonds. The Bertz CT molecular complexity index is 1090. The summed E-state index contributed by atoms with van der Waals surface area (Å²) >= 11 is 0. The molecule has 32 heavy (non-hydrogen) atoms. The minimum absolute atomic E-state index is 0.0367. The van der Waals surface area contributed by atoms with Crippen LogP contribution in [0.1, 0.15) is 18.9 Å². The van der Waals surface area contributed by atoms with Crippen LogP contribution < -0.4 is 5.56 Å². The van der Waals surface area contributed by atoms with Crippen LogP contribution in [0.2, 0.25) is 0 Å². The average molecular weight is 435 g/mol. The molecule has 1 atom stereocenters. The molecule has 0 aliphatic carbocycles. The van der Waals surface area contributed by atoms with Crippen molar-refractivity contribution >= 4 is 16.8 Å². The molecule has 1 saturated heterocycles. The van der Waals surface area contributed by atoms with Gasteiger partial charge < -0.3 is 9.64 Å². The molecule has 2 heterocycles. The van der Waals surface area contributed by atoms with Crippen LogP contribution in [0.5, 0.6) is 0 Å². The quantitative estimate of drug-likeness (QED) is 0.545. The molecule has 0 N–H and O–H groups in total. The van der Waals surface area contributed by atoms with E-state index in [1.54, 1.807) is 6.07 Å². The van der Waals surface area contributed by atoms with Crippen molar-refractivity contribution < 1.29 is 9.53 Å². The Balaban J connectivity index is 1.47. The molecule has 1 aliphatic rings. The zero-order chi connectivity index (χ0) is 22.3. The van der Waals surface area contributed by atoms with Crippen LogP contribution in [0.25, 0.3) is 10.9 Å². The Hall–Kier alpha value is -3.03. The van der Waals surface area contributed by atoms with Gasteiger partial charge in [0, 0.05) is 45.2 Å². The SMILES string of the molecule is CC(CN1CCOCC1)N(Cc1ccccc1)C(=O)CCn1cnc2ccccc2c1=O. The van der Waals surface area contributed by atoms with Crippen molar-refractivity contribution in [2.45, 2.75) is 32.5 Å². The lowest BCUT2D eigenvalue weighted by Crippen LogP contribution is -2.48. The summed E-state index contributed by atoms with van der Waals surface area (Å²) in [5, 5.41) is 0.573. The molecule has 0 saturated carbocycles. The highest BCUT2D eigenvalue weighted by atomic mass is 16.5. The van der Waals surface area contributed by atoms with Gasteiger partial charge in [-0.15, -0.1) is 0 Å². The van der Waals surface area contributed by atoms with Gasteiger partial charge in [0.25, 0.3) is 5.56 Å². The van der Waals surface area contributed by atoms with Crippen LogP contribution in [0.15, 0.2) is 65.7 Å². The number of nitrogens with zero attached hydrogens (tertiary/aromatic N) is 4. The van der Waals surface area contributed by atoms with Crippen LogP contribution in [0, 0.1) is 0 Å². The van der Waals surface area contributed by atoms with Gasteiger partial charge in [0.05, 0.1) is 30.4 Å². The number of rotatable bonds is 8. The second-order valence-electron chi connectivity index (χ2n) is 8.28. The first-order valence-corrected chi connectivity index (χ1v) is 11.2. The first-order valence-electron chi connectivity index (χ1n) is 11.2. The van der Waals surface area contributed by atoms with Gasteiger partial charge in [0.15, 0.2) is 0 Å². The Morgan fingerprint density at radius 3 is 2.59 bits per heavy atom. The zero-order valence-electron chi connectivity index (χ0n) is 18.5. The van der Waals surface area contributed by atoms with Crippen LogP contribution in [-0.2, 0) is 22.6 Å². The van der Waals surface area contributed by atoms with E-state index in [-0.39, 0.29) is 23.9 Å². The van der Waals surface area contributed by atoms with Crippen molar-refractivity contribution in [1.82, 2.24) is 19.4 Å². The number of aryl methyl sites for hydroxylation is 1. The summed E-state index contributed by atoms with van der Waals surface area (Å²) in [6.45, 7) is 7.00. The molecule has 2 aromatic carbocycles. The second kappa shape index (κ2) is 10.5. The lowest BCUT2D eigenvalue weighted by atomic mass is 10.1. The van der Waals surface area contributed by atoms with Gasteiger partial charge in [-0.2, -0.15) is 0 Å². The molecule has 1 unspecified atom stereocenters. The lowest BCUT2D eigenvalue weighted by Gasteiger charge is -2.35. The molecule has 0 bridgehead atoms.